The lowest BCUT2D eigenvalue weighted by Crippen LogP contribution is -2.27. The van der Waals surface area contributed by atoms with Crippen LogP contribution in [0, 0.1) is 0 Å². The molecular formula is C14H17F6N. The maximum atomic E-state index is 12.7. The van der Waals surface area contributed by atoms with Crippen molar-refractivity contribution in [1.82, 2.24) is 5.32 Å². The molecule has 1 aromatic carbocycles. The summed E-state index contributed by atoms with van der Waals surface area (Å²) in [7, 11) is 0. The van der Waals surface area contributed by atoms with Crippen LogP contribution in [-0.2, 0) is 12.4 Å². The number of alkyl halides is 6. The molecule has 0 radical (unpaired) electrons. The van der Waals surface area contributed by atoms with Crippen LogP contribution in [-0.4, -0.2) is 12.6 Å². The van der Waals surface area contributed by atoms with Crippen molar-refractivity contribution < 1.29 is 26.3 Å². The summed E-state index contributed by atoms with van der Waals surface area (Å²) in [5.74, 6) is -0.462. The summed E-state index contributed by atoms with van der Waals surface area (Å²) < 4.78 is 76.4. The van der Waals surface area contributed by atoms with Crippen LogP contribution in [0.3, 0.4) is 0 Å². The van der Waals surface area contributed by atoms with Gasteiger partial charge in [-0.15, -0.1) is 0 Å². The van der Waals surface area contributed by atoms with Gasteiger partial charge >= 0.3 is 12.4 Å². The van der Waals surface area contributed by atoms with Crippen LogP contribution < -0.4 is 5.32 Å². The first-order valence-electron chi connectivity index (χ1n) is 6.44. The molecule has 0 spiro atoms. The summed E-state index contributed by atoms with van der Waals surface area (Å²) in [5.41, 5.74) is -2.53. The van der Waals surface area contributed by atoms with Crippen molar-refractivity contribution in [2.75, 3.05) is 6.54 Å². The van der Waals surface area contributed by atoms with Crippen molar-refractivity contribution in [3.63, 3.8) is 0 Å². The van der Waals surface area contributed by atoms with Crippen molar-refractivity contribution >= 4 is 0 Å². The Bertz CT molecular complexity index is 443. The van der Waals surface area contributed by atoms with Gasteiger partial charge in [-0.25, -0.2) is 0 Å². The molecule has 0 bridgehead atoms. The van der Waals surface area contributed by atoms with Gasteiger partial charge in [-0.3, -0.25) is 0 Å². The largest absolute Gasteiger partial charge is 0.416 e. The molecule has 1 nitrogen and oxygen atoms in total. The highest BCUT2D eigenvalue weighted by molar-refractivity contribution is 5.35. The molecule has 0 fully saturated rings. The Morgan fingerprint density at radius 3 is 1.62 bits per heavy atom. The van der Waals surface area contributed by atoms with Crippen molar-refractivity contribution in [2.24, 2.45) is 0 Å². The summed E-state index contributed by atoms with van der Waals surface area (Å²) >= 11 is 0. The second-order valence-corrected chi connectivity index (χ2v) is 5.30. The van der Waals surface area contributed by atoms with Crippen LogP contribution in [0.15, 0.2) is 18.2 Å². The van der Waals surface area contributed by atoms with E-state index in [9.17, 15) is 26.3 Å². The third-order valence-corrected chi connectivity index (χ3v) is 3.01. The number of rotatable bonds is 4. The Morgan fingerprint density at radius 2 is 1.29 bits per heavy atom. The molecule has 7 heteroatoms. The quantitative estimate of drug-likeness (QED) is 0.785. The van der Waals surface area contributed by atoms with Crippen LogP contribution in [0.1, 0.15) is 43.4 Å². The van der Waals surface area contributed by atoms with E-state index in [-0.39, 0.29) is 17.7 Å². The molecule has 0 aromatic heterocycles. The van der Waals surface area contributed by atoms with Crippen molar-refractivity contribution in [1.29, 1.82) is 0 Å². The van der Waals surface area contributed by atoms with Gasteiger partial charge in [-0.2, -0.15) is 26.3 Å². The Morgan fingerprint density at radius 1 is 0.857 bits per heavy atom. The zero-order chi connectivity index (χ0) is 16.4. The first kappa shape index (κ1) is 17.8. The molecule has 1 unspecified atom stereocenters. The minimum atomic E-state index is -4.80. The minimum Gasteiger partial charge on any atom is -0.314 e. The normalized spacial score (nSPS) is 14.6. The van der Waals surface area contributed by atoms with Gasteiger partial charge in [0.1, 0.15) is 0 Å². The maximum absolute atomic E-state index is 12.7. The summed E-state index contributed by atoms with van der Waals surface area (Å²) in [6, 6.07) is 1.80. The van der Waals surface area contributed by atoms with E-state index in [0.29, 0.717) is 6.54 Å². The number of hydrogen-bond donors (Lipinski definition) is 1. The van der Waals surface area contributed by atoms with Crippen LogP contribution in [0.2, 0.25) is 0 Å². The van der Waals surface area contributed by atoms with E-state index in [1.807, 2.05) is 13.8 Å². The van der Waals surface area contributed by atoms with Crippen LogP contribution in [0.5, 0.6) is 0 Å². The summed E-state index contributed by atoms with van der Waals surface area (Å²) in [6.07, 6.45) is -9.61. The van der Waals surface area contributed by atoms with Crippen molar-refractivity contribution in [3.05, 3.63) is 34.9 Å². The lowest BCUT2D eigenvalue weighted by molar-refractivity contribution is -0.143. The fourth-order valence-electron chi connectivity index (χ4n) is 1.79. The first-order chi connectivity index (χ1) is 9.41. The van der Waals surface area contributed by atoms with E-state index < -0.39 is 29.4 Å². The Kier molecular flexibility index (Phi) is 5.30. The molecule has 21 heavy (non-hydrogen) atoms. The molecule has 0 aliphatic carbocycles. The van der Waals surface area contributed by atoms with Gasteiger partial charge < -0.3 is 5.32 Å². The van der Waals surface area contributed by atoms with E-state index in [1.165, 1.54) is 0 Å². The van der Waals surface area contributed by atoms with Gasteiger partial charge in [-0.05, 0) is 29.7 Å². The van der Waals surface area contributed by atoms with Gasteiger partial charge in [0.2, 0.25) is 0 Å². The van der Waals surface area contributed by atoms with E-state index in [4.69, 9.17) is 0 Å². The molecule has 120 valence electrons. The Labute approximate surface area is 119 Å². The highest BCUT2D eigenvalue weighted by atomic mass is 19.4. The third kappa shape index (κ3) is 5.22. The highest BCUT2D eigenvalue weighted by Gasteiger charge is 2.37. The molecule has 1 aromatic rings. The molecule has 0 aliphatic heterocycles. The Balaban J connectivity index is 3.19. The first-order valence-corrected chi connectivity index (χ1v) is 6.44. The Hall–Kier alpha value is -1.24. The lowest BCUT2D eigenvalue weighted by atomic mass is 9.95. The van der Waals surface area contributed by atoms with Crippen LogP contribution >= 0.6 is 0 Å². The van der Waals surface area contributed by atoms with Crippen LogP contribution in [0.4, 0.5) is 26.3 Å². The number of nitrogens with one attached hydrogen (secondary N) is 1. The molecule has 0 saturated heterocycles. The number of hydrogen-bond acceptors (Lipinski definition) is 1. The second kappa shape index (κ2) is 6.25. The summed E-state index contributed by atoms with van der Waals surface area (Å²) in [5, 5.41) is 3.00. The van der Waals surface area contributed by atoms with Crippen molar-refractivity contribution in [2.45, 2.75) is 45.1 Å². The van der Waals surface area contributed by atoms with E-state index in [1.54, 1.807) is 6.92 Å². The van der Waals surface area contributed by atoms with Crippen LogP contribution in [0.25, 0.3) is 0 Å². The number of benzene rings is 1. The fourth-order valence-corrected chi connectivity index (χ4v) is 1.79. The topological polar surface area (TPSA) is 12.0 Å². The summed E-state index contributed by atoms with van der Waals surface area (Å²) in [6.45, 7) is 5.58. The predicted molar refractivity (Wildman–Crippen MR) is 68.0 cm³/mol. The highest BCUT2D eigenvalue weighted by Crippen LogP contribution is 2.37. The third-order valence-electron chi connectivity index (χ3n) is 3.01. The second-order valence-electron chi connectivity index (χ2n) is 5.30. The van der Waals surface area contributed by atoms with Crippen molar-refractivity contribution in [3.8, 4) is 0 Å². The van der Waals surface area contributed by atoms with E-state index >= 15 is 0 Å². The zero-order valence-electron chi connectivity index (χ0n) is 11.9. The fraction of sp³-hybridized carbons (Fsp3) is 0.571. The molecule has 1 N–H and O–H groups in total. The predicted octanol–water partition coefficient (Wildman–Crippen LogP) is 4.83. The molecule has 0 saturated carbocycles. The average Bonchev–Trinajstić information content (AvgIpc) is 2.33. The molecule has 1 rings (SSSR count). The molecule has 0 aliphatic rings. The molecular weight excluding hydrogens is 296 g/mol. The SMILES string of the molecule is CC(C)NCC(C)c1cc(C(F)(F)F)cc(C(F)(F)F)c1. The molecule has 0 amide bonds. The molecule has 1 atom stereocenters. The molecule has 0 heterocycles. The van der Waals surface area contributed by atoms with E-state index in [0.717, 1.165) is 12.1 Å². The summed E-state index contributed by atoms with van der Waals surface area (Å²) in [4.78, 5) is 0. The van der Waals surface area contributed by atoms with Gasteiger partial charge in [0.05, 0.1) is 11.1 Å². The monoisotopic (exact) mass is 313 g/mol. The van der Waals surface area contributed by atoms with Gasteiger partial charge in [0, 0.05) is 12.6 Å². The number of halogens is 6. The van der Waals surface area contributed by atoms with E-state index in [2.05, 4.69) is 5.32 Å². The maximum Gasteiger partial charge on any atom is 0.416 e. The van der Waals surface area contributed by atoms with Gasteiger partial charge in [0.15, 0.2) is 0 Å². The minimum absolute atomic E-state index is 0.0188. The smallest absolute Gasteiger partial charge is 0.314 e. The average molecular weight is 313 g/mol. The zero-order valence-corrected chi connectivity index (χ0v) is 11.9. The lowest BCUT2D eigenvalue weighted by Gasteiger charge is -2.19. The van der Waals surface area contributed by atoms with Gasteiger partial charge in [-0.1, -0.05) is 20.8 Å². The standard InChI is InChI=1S/C14H17F6N/c1-8(2)21-7-9(3)10-4-11(13(15,16)17)6-12(5-10)14(18,19)20/h4-6,8-9,21H,7H2,1-3H3. The van der Waals surface area contributed by atoms with Gasteiger partial charge in [0.25, 0.3) is 0 Å².